The lowest BCUT2D eigenvalue weighted by molar-refractivity contribution is -0.158. The predicted octanol–water partition coefficient (Wildman–Crippen LogP) is 2.73. The van der Waals surface area contributed by atoms with Gasteiger partial charge in [0, 0.05) is 5.41 Å². The maximum absolute atomic E-state index is 12.6. The first-order valence-corrected chi connectivity index (χ1v) is 10.4. The van der Waals surface area contributed by atoms with Crippen molar-refractivity contribution in [1.29, 1.82) is 0 Å². The van der Waals surface area contributed by atoms with Crippen LogP contribution in [0.2, 0.25) is 0 Å². The molecule has 3 N–H and O–H groups in total. The SMILES string of the molecule is C[C@@H](O)[C@H]1C(=O)N(C(C(=O)O)=C(Oc2ccc(C(=O)O)cc2)SC(=O)C(C)(C)C)[C@H]1Cl. The molecule has 0 unspecified atom stereocenters. The van der Waals surface area contributed by atoms with Gasteiger partial charge in [-0.3, -0.25) is 14.5 Å². The number of ether oxygens (including phenoxy) is 1. The lowest BCUT2D eigenvalue weighted by Gasteiger charge is -2.44. The van der Waals surface area contributed by atoms with Crippen molar-refractivity contribution < 1.29 is 39.2 Å². The number of amides is 1. The minimum absolute atomic E-state index is 0.0201. The topological polar surface area (TPSA) is 141 Å². The number of β-lactam (4-membered cyclic amide) rings is 1. The number of hydrogen-bond acceptors (Lipinski definition) is 7. The van der Waals surface area contributed by atoms with E-state index in [0.717, 1.165) is 4.90 Å². The Labute approximate surface area is 187 Å². The maximum atomic E-state index is 12.6. The van der Waals surface area contributed by atoms with Crippen LogP contribution in [0.4, 0.5) is 0 Å². The van der Waals surface area contributed by atoms with Gasteiger partial charge in [-0.2, -0.15) is 0 Å². The Morgan fingerprint density at radius 1 is 1.16 bits per heavy atom. The second-order valence-corrected chi connectivity index (χ2v) is 9.25. The van der Waals surface area contributed by atoms with Gasteiger partial charge in [0.1, 0.15) is 11.3 Å². The molecule has 0 radical (unpaired) electrons. The molecule has 0 spiro atoms. The number of alkyl halides is 1. The first-order chi connectivity index (χ1) is 14.3. The number of carboxylic acids is 2. The lowest BCUT2D eigenvalue weighted by atomic mass is 9.92. The smallest absolute Gasteiger partial charge is 0.357 e. The van der Waals surface area contributed by atoms with Crippen LogP contribution in [0.15, 0.2) is 35.1 Å². The summed E-state index contributed by atoms with van der Waals surface area (Å²) in [5.41, 5.74) is -2.69. The molecule has 1 fully saturated rings. The number of carbonyl (C=O) groups excluding carboxylic acids is 2. The summed E-state index contributed by atoms with van der Waals surface area (Å²) in [6.07, 6.45) is -1.10. The van der Waals surface area contributed by atoms with Crippen LogP contribution >= 0.6 is 23.4 Å². The third-order valence-corrected chi connectivity index (χ3v) is 6.06. The van der Waals surface area contributed by atoms with Crippen molar-refractivity contribution in [3.63, 3.8) is 0 Å². The van der Waals surface area contributed by atoms with E-state index >= 15 is 0 Å². The molecule has 0 saturated carbocycles. The van der Waals surface area contributed by atoms with Crippen molar-refractivity contribution in [2.75, 3.05) is 0 Å². The van der Waals surface area contributed by atoms with E-state index in [-0.39, 0.29) is 11.3 Å². The van der Waals surface area contributed by atoms with E-state index in [1.165, 1.54) is 31.2 Å². The van der Waals surface area contributed by atoms with Gasteiger partial charge in [0.15, 0.2) is 10.8 Å². The number of aliphatic hydroxyl groups excluding tert-OH is 1. The molecule has 1 aromatic rings. The summed E-state index contributed by atoms with van der Waals surface area (Å²) in [7, 11) is 0. The molecule has 168 valence electrons. The fraction of sp³-hybridized carbons (Fsp3) is 0.400. The number of carbonyl (C=O) groups is 4. The highest BCUT2D eigenvalue weighted by atomic mass is 35.5. The van der Waals surface area contributed by atoms with Crippen molar-refractivity contribution in [2.45, 2.75) is 39.3 Å². The van der Waals surface area contributed by atoms with E-state index in [2.05, 4.69) is 0 Å². The van der Waals surface area contributed by atoms with Gasteiger partial charge < -0.3 is 20.1 Å². The average molecular weight is 472 g/mol. The minimum Gasteiger partial charge on any atom is -0.478 e. The van der Waals surface area contributed by atoms with Gasteiger partial charge >= 0.3 is 11.9 Å². The number of nitrogens with zero attached hydrogens (tertiary/aromatic N) is 1. The summed E-state index contributed by atoms with van der Waals surface area (Å²) in [5, 5.41) is 27.7. The van der Waals surface area contributed by atoms with Crippen LogP contribution in [0, 0.1) is 11.3 Å². The van der Waals surface area contributed by atoms with E-state index in [4.69, 9.17) is 21.4 Å². The number of aromatic carboxylic acids is 1. The number of aliphatic hydroxyl groups is 1. The fourth-order valence-electron chi connectivity index (χ4n) is 2.56. The Balaban J connectivity index is 2.52. The zero-order valence-corrected chi connectivity index (χ0v) is 18.7. The maximum Gasteiger partial charge on any atom is 0.357 e. The highest BCUT2D eigenvalue weighted by Gasteiger charge is 2.53. The molecular formula is C20H22ClNO8S. The number of aliphatic carboxylic acids is 1. The molecule has 1 aliphatic heterocycles. The van der Waals surface area contributed by atoms with E-state index in [0.29, 0.717) is 11.8 Å². The highest BCUT2D eigenvalue weighted by molar-refractivity contribution is 8.16. The normalized spacial score (nSPS) is 20.5. The van der Waals surface area contributed by atoms with Gasteiger partial charge in [0.25, 0.3) is 0 Å². The number of halogens is 1. The zero-order chi connectivity index (χ0) is 23.7. The van der Waals surface area contributed by atoms with Crippen LogP contribution in [-0.2, 0) is 14.4 Å². The molecule has 11 heteroatoms. The minimum atomic E-state index is -1.56. The third kappa shape index (κ3) is 5.38. The van der Waals surface area contributed by atoms with Crippen molar-refractivity contribution >= 4 is 46.3 Å². The quantitative estimate of drug-likeness (QED) is 0.180. The van der Waals surface area contributed by atoms with Crippen LogP contribution in [0.1, 0.15) is 38.1 Å². The average Bonchev–Trinajstić information content (AvgIpc) is 2.64. The monoisotopic (exact) mass is 471 g/mol. The Morgan fingerprint density at radius 3 is 2.10 bits per heavy atom. The lowest BCUT2D eigenvalue weighted by Crippen LogP contribution is -2.62. The summed E-state index contributed by atoms with van der Waals surface area (Å²) in [6, 6.07) is 5.07. The number of carboxylic acid groups (broad SMARTS) is 2. The van der Waals surface area contributed by atoms with Crippen LogP contribution in [-0.4, -0.2) is 54.8 Å². The molecule has 2 rings (SSSR count). The van der Waals surface area contributed by atoms with E-state index < -0.39 is 56.7 Å². The number of thioether (sulfide) groups is 1. The Kier molecular flexibility index (Phi) is 7.40. The molecule has 0 aromatic heterocycles. The molecule has 3 atom stereocenters. The van der Waals surface area contributed by atoms with E-state index in [9.17, 15) is 29.4 Å². The predicted molar refractivity (Wildman–Crippen MR) is 112 cm³/mol. The van der Waals surface area contributed by atoms with Crippen molar-refractivity contribution in [3.8, 4) is 5.75 Å². The molecule has 1 heterocycles. The zero-order valence-electron chi connectivity index (χ0n) is 17.2. The Bertz CT molecular complexity index is 935. The summed E-state index contributed by atoms with van der Waals surface area (Å²) in [5.74, 6) is -4.39. The first-order valence-electron chi connectivity index (χ1n) is 9.12. The largest absolute Gasteiger partial charge is 0.478 e. The molecule has 0 aliphatic carbocycles. The summed E-state index contributed by atoms with van der Waals surface area (Å²) in [6.45, 7) is 6.25. The van der Waals surface area contributed by atoms with Gasteiger partial charge in [-0.05, 0) is 43.0 Å². The van der Waals surface area contributed by atoms with Crippen LogP contribution in [0.5, 0.6) is 5.75 Å². The molecule has 1 aromatic carbocycles. The number of hydrogen-bond donors (Lipinski definition) is 3. The van der Waals surface area contributed by atoms with E-state index in [1.54, 1.807) is 20.8 Å². The van der Waals surface area contributed by atoms with Crippen LogP contribution in [0.3, 0.4) is 0 Å². The van der Waals surface area contributed by atoms with Crippen molar-refractivity contribution in [2.24, 2.45) is 11.3 Å². The molecule has 31 heavy (non-hydrogen) atoms. The molecule has 1 aliphatic rings. The Morgan fingerprint density at radius 2 is 1.71 bits per heavy atom. The third-order valence-electron chi connectivity index (χ3n) is 4.33. The van der Waals surface area contributed by atoms with Crippen LogP contribution in [0.25, 0.3) is 0 Å². The molecule has 1 amide bonds. The fourth-order valence-corrected chi connectivity index (χ4v) is 3.97. The second kappa shape index (κ2) is 9.29. The molecule has 0 bridgehead atoms. The van der Waals surface area contributed by atoms with Crippen molar-refractivity contribution in [1.82, 2.24) is 4.90 Å². The molecule has 1 saturated heterocycles. The summed E-state index contributed by atoms with van der Waals surface area (Å²) < 4.78 is 5.62. The number of rotatable bonds is 7. The summed E-state index contributed by atoms with van der Waals surface area (Å²) >= 11 is 6.66. The highest BCUT2D eigenvalue weighted by Crippen LogP contribution is 2.40. The second-order valence-electron chi connectivity index (χ2n) is 7.86. The van der Waals surface area contributed by atoms with Gasteiger partial charge in [-0.15, -0.1) is 0 Å². The van der Waals surface area contributed by atoms with Crippen LogP contribution < -0.4 is 4.74 Å². The first kappa shape index (κ1) is 24.7. The summed E-state index contributed by atoms with van der Waals surface area (Å²) in [4.78, 5) is 48.9. The standard InChI is InChI=1S/C20H22ClNO8S/c1-9(23)12-14(21)22(15(12)24)13(17(27)28)18(31-19(29)20(2,3)4)30-11-7-5-10(6-8-11)16(25)26/h5-9,12,14,23H,1-4H3,(H,25,26)(H,27,28)/t9-,12-,14-/m1/s1. The van der Waals surface area contributed by atoms with Gasteiger partial charge in [-0.1, -0.05) is 32.4 Å². The van der Waals surface area contributed by atoms with Gasteiger partial charge in [0.05, 0.1) is 17.6 Å². The number of likely N-dealkylation sites (tertiary alicyclic amines) is 1. The van der Waals surface area contributed by atoms with E-state index in [1.807, 2.05) is 0 Å². The molecule has 9 nitrogen and oxygen atoms in total. The van der Waals surface area contributed by atoms with Gasteiger partial charge in [-0.25, -0.2) is 9.59 Å². The van der Waals surface area contributed by atoms with Gasteiger partial charge in [0.2, 0.25) is 11.0 Å². The Hall–Kier alpha value is -2.56. The number of benzene rings is 1. The molecular weight excluding hydrogens is 450 g/mol. The van der Waals surface area contributed by atoms with Crippen molar-refractivity contribution in [3.05, 3.63) is 40.6 Å².